The zero-order chi connectivity index (χ0) is 23.8. The Balaban J connectivity index is 1.29. The van der Waals surface area contributed by atoms with Gasteiger partial charge >= 0.3 is 6.09 Å². The Labute approximate surface area is 195 Å². The number of H-pyrrole nitrogens is 2. The monoisotopic (exact) mass is 466 g/mol. The number of benzene rings is 1. The van der Waals surface area contributed by atoms with Crippen molar-refractivity contribution < 1.29 is 18.7 Å². The lowest BCUT2D eigenvalue weighted by Crippen LogP contribution is -2.51. The molecule has 2 amide bonds. The van der Waals surface area contributed by atoms with Crippen LogP contribution in [0.25, 0.3) is 22.6 Å². The molecule has 34 heavy (non-hydrogen) atoms. The standard InChI is InChI=1S/C24H27FN6O3/c1-12(31-5-4-6-34-23(31)33)22(32)30(3)14-8-16(25)20-17(9-14)26-21(27-20)19-15-7-13-10-24(13,2)11-18(15)28-29-19/h8-9,12-13H,4-7,10-11H2,1-3H3,(H,26,27)(H,28,29)/t12-,13+,24+/m0/s1. The first-order valence-corrected chi connectivity index (χ1v) is 11.7. The van der Waals surface area contributed by atoms with E-state index in [0.717, 1.165) is 29.8 Å². The fourth-order valence-electron chi connectivity index (χ4n) is 5.48. The topological polar surface area (TPSA) is 107 Å². The highest BCUT2D eigenvalue weighted by Gasteiger charge is 2.53. The Morgan fingerprint density at radius 2 is 2.24 bits per heavy atom. The largest absolute Gasteiger partial charge is 0.449 e. The minimum atomic E-state index is -0.724. The van der Waals surface area contributed by atoms with E-state index in [0.29, 0.717) is 47.9 Å². The zero-order valence-corrected chi connectivity index (χ0v) is 19.4. The van der Waals surface area contributed by atoms with Gasteiger partial charge in [-0.2, -0.15) is 5.10 Å². The molecule has 3 aliphatic rings. The van der Waals surface area contributed by atoms with Crippen LogP contribution in [0.15, 0.2) is 12.1 Å². The van der Waals surface area contributed by atoms with E-state index in [1.807, 2.05) is 0 Å². The number of halogens is 1. The van der Waals surface area contributed by atoms with Crippen LogP contribution in [0.4, 0.5) is 14.9 Å². The van der Waals surface area contributed by atoms with E-state index in [1.54, 1.807) is 20.0 Å². The Hall–Kier alpha value is -3.43. The van der Waals surface area contributed by atoms with Crippen LogP contribution in [0.2, 0.25) is 0 Å². The van der Waals surface area contributed by atoms with Crippen LogP contribution in [-0.2, 0) is 22.4 Å². The van der Waals surface area contributed by atoms with Crippen molar-refractivity contribution in [2.75, 3.05) is 25.1 Å². The van der Waals surface area contributed by atoms with Crippen molar-refractivity contribution in [2.45, 2.75) is 45.6 Å². The van der Waals surface area contributed by atoms with Gasteiger partial charge in [0.1, 0.15) is 17.3 Å². The molecule has 0 unspecified atom stereocenters. The van der Waals surface area contributed by atoms with E-state index in [1.165, 1.54) is 22.3 Å². The molecule has 9 nitrogen and oxygen atoms in total. The number of ether oxygens (including phenoxy) is 1. The second-order valence-electron chi connectivity index (χ2n) is 10.1. The molecule has 2 fully saturated rings. The second kappa shape index (κ2) is 7.28. The summed E-state index contributed by atoms with van der Waals surface area (Å²) in [6.07, 6.45) is 3.32. The number of amides is 2. The number of cyclic esters (lactones) is 1. The minimum Gasteiger partial charge on any atom is -0.449 e. The highest BCUT2D eigenvalue weighted by molar-refractivity contribution is 5.99. The van der Waals surface area contributed by atoms with Crippen LogP contribution in [0.3, 0.4) is 0 Å². The molecule has 0 spiro atoms. The highest BCUT2D eigenvalue weighted by atomic mass is 19.1. The molecular formula is C24H27FN6O3. The number of rotatable bonds is 4. The lowest BCUT2D eigenvalue weighted by Gasteiger charge is -2.33. The first-order chi connectivity index (χ1) is 16.2. The normalized spacial score (nSPS) is 24.4. The summed E-state index contributed by atoms with van der Waals surface area (Å²) in [5, 5.41) is 7.65. The van der Waals surface area contributed by atoms with Crippen molar-refractivity contribution in [3.63, 3.8) is 0 Å². The molecule has 178 valence electrons. The van der Waals surface area contributed by atoms with Crippen molar-refractivity contribution in [1.82, 2.24) is 25.1 Å². The molecule has 3 heterocycles. The SMILES string of the molecule is C[C@@H](C(=O)N(C)c1cc(F)c2nc(-c3n[nH]c4c3C[C@@H]3C[C@]3(C)C4)[nH]c2c1)N1CCCOC1=O. The average molecular weight is 467 g/mol. The van der Waals surface area contributed by atoms with Crippen LogP contribution in [0.5, 0.6) is 0 Å². The summed E-state index contributed by atoms with van der Waals surface area (Å²) in [5.74, 6) is 0.333. The van der Waals surface area contributed by atoms with E-state index in [9.17, 15) is 9.59 Å². The molecule has 2 aromatic heterocycles. The summed E-state index contributed by atoms with van der Waals surface area (Å²) >= 11 is 0. The number of anilines is 1. The fourth-order valence-corrected chi connectivity index (χ4v) is 5.48. The number of fused-ring (bicyclic) bond motifs is 3. The molecule has 1 aliphatic heterocycles. The number of aromatic nitrogens is 4. The lowest BCUT2D eigenvalue weighted by atomic mass is 9.88. The minimum absolute atomic E-state index is 0.205. The molecule has 2 N–H and O–H groups in total. The number of hydrogen-bond acceptors (Lipinski definition) is 5. The van der Waals surface area contributed by atoms with Gasteiger partial charge < -0.3 is 14.6 Å². The summed E-state index contributed by atoms with van der Waals surface area (Å²) < 4.78 is 20.1. The molecule has 6 rings (SSSR count). The molecule has 0 radical (unpaired) electrons. The smallest absolute Gasteiger partial charge is 0.410 e. The number of likely N-dealkylation sites (N-methyl/N-ethyl adjacent to an activating group) is 1. The third kappa shape index (κ3) is 3.19. The van der Waals surface area contributed by atoms with Crippen LogP contribution in [0.1, 0.15) is 37.9 Å². The Morgan fingerprint density at radius 3 is 3.03 bits per heavy atom. The summed E-state index contributed by atoms with van der Waals surface area (Å²) in [5.41, 5.74) is 4.49. The zero-order valence-electron chi connectivity index (χ0n) is 19.4. The number of nitrogens with zero attached hydrogens (tertiary/aromatic N) is 4. The van der Waals surface area contributed by atoms with E-state index >= 15 is 4.39 Å². The first-order valence-electron chi connectivity index (χ1n) is 11.7. The van der Waals surface area contributed by atoms with Crippen molar-refractivity contribution in [3.05, 3.63) is 29.2 Å². The summed E-state index contributed by atoms with van der Waals surface area (Å²) in [4.78, 5) is 35.6. The van der Waals surface area contributed by atoms with Gasteiger partial charge in [-0.1, -0.05) is 6.92 Å². The van der Waals surface area contributed by atoms with Crippen LogP contribution in [-0.4, -0.2) is 63.3 Å². The average Bonchev–Trinajstić information content (AvgIpc) is 3.11. The molecule has 3 aromatic rings. The number of nitrogens with one attached hydrogen (secondary N) is 2. The Bertz CT molecular complexity index is 1330. The molecule has 10 heteroatoms. The van der Waals surface area contributed by atoms with Gasteiger partial charge in [-0.3, -0.25) is 14.8 Å². The van der Waals surface area contributed by atoms with Gasteiger partial charge in [-0.15, -0.1) is 0 Å². The third-order valence-electron chi connectivity index (χ3n) is 7.82. The third-order valence-corrected chi connectivity index (χ3v) is 7.82. The van der Waals surface area contributed by atoms with Crippen LogP contribution in [0, 0.1) is 17.2 Å². The lowest BCUT2D eigenvalue weighted by molar-refractivity contribution is -0.123. The number of carbonyl (C=O) groups is 2. The molecule has 0 bridgehead atoms. The van der Waals surface area contributed by atoms with Crippen LogP contribution >= 0.6 is 0 Å². The Kier molecular flexibility index (Phi) is 4.53. The summed E-state index contributed by atoms with van der Waals surface area (Å²) in [7, 11) is 1.57. The molecular weight excluding hydrogens is 439 g/mol. The van der Waals surface area contributed by atoms with Gasteiger partial charge in [0.05, 0.1) is 12.1 Å². The van der Waals surface area contributed by atoms with Crippen molar-refractivity contribution >= 4 is 28.7 Å². The maximum atomic E-state index is 15.1. The van der Waals surface area contributed by atoms with Gasteiger partial charge in [0, 0.05) is 30.5 Å². The fraction of sp³-hybridized carbons (Fsp3) is 0.500. The summed E-state index contributed by atoms with van der Waals surface area (Å²) in [6.45, 7) is 4.77. The Morgan fingerprint density at radius 1 is 1.41 bits per heavy atom. The first kappa shape index (κ1) is 21.1. The molecule has 1 saturated carbocycles. The van der Waals surface area contributed by atoms with Gasteiger partial charge in [0.25, 0.3) is 0 Å². The van der Waals surface area contributed by atoms with Gasteiger partial charge in [-0.05, 0) is 56.1 Å². The quantitative estimate of drug-likeness (QED) is 0.613. The predicted molar refractivity (Wildman–Crippen MR) is 123 cm³/mol. The number of aromatic amines is 2. The van der Waals surface area contributed by atoms with E-state index in [-0.39, 0.29) is 11.4 Å². The van der Waals surface area contributed by atoms with Gasteiger partial charge in [-0.25, -0.2) is 14.2 Å². The van der Waals surface area contributed by atoms with Crippen LogP contribution < -0.4 is 4.90 Å². The number of carbonyl (C=O) groups excluding carboxylic acids is 2. The maximum Gasteiger partial charge on any atom is 0.410 e. The summed E-state index contributed by atoms with van der Waals surface area (Å²) in [6, 6.07) is 2.27. The maximum absolute atomic E-state index is 15.1. The van der Waals surface area contributed by atoms with Crippen molar-refractivity contribution in [1.29, 1.82) is 0 Å². The van der Waals surface area contributed by atoms with E-state index < -0.39 is 18.0 Å². The van der Waals surface area contributed by atoms with Gasteiger partial charge in [0.15, 0.2) is 11.6 Å². The van der Waals surface area contributed by atoms with E-state index in [2.05, 4.69) is 27.1 Å². The van der Waals surface area contributed by atoms with Crippen molar-refractivity contribution in [3.8, 4) is 11.5 Å². The number of hydrogen-bond donors (Lipinski definition) is 2. The van der Waals surface area contributed by atoms with E-state index in [4.69, 9.17) is 4.74 Å². The highest BCUT2D eigenvalue weighted by Crippen LogP contribution is 2.59. The molecule has 1 aromatic carbocycles. The van der Waals surface area contributed by atoms with Crippen molar-refractivity contribution in [2.24, 2.45) is 11.3 Å². The second-order valence-corrected chi connectivity index (χ2v) is 10.1. The molecule has 2 aliphatic carbocycles. The molecule has 3 atom stereocenters. The van der Waals surface area contributed by atoms with Gasteiger partial charge in [0.2, 0.25) is 5.91 Å². The predicted octanol–water partition coefficient (Wildman–Crippen LogP) is 3.41. The number of imidazole rings is 1. The molecule has 1 saturated heterocycles.